The Hall–Kier alpha value is -2.62. The number of phenolic OH excluding ortho intramolecular Hbond substituents is 2. The molecule has 0 saturated carbocycles. The third-order valence-electron chi connectivity index (χ3n) is 2.93. The lowest BCUT2D eigenvalue weighted by atomic mass is 10.2. The molecule has 96 valence electrons. The van der Waals surface area contributed by atoms with E-state index in [1.165, 1.54) is 0 Å². The van der Waals surface area contributed by atoms with Gasteiger partial charge in [0.1, 0.15) is 23.9 Å². The predicted octanol–water partition coefficient (Wildman–Crippen LogP) is 3.16. The number of rotatable bonds is 3. The van der Waals surface area contributed by atoms with Gasteiger partial charge in [-0.3, -0.25) is 0 Å². The number of hydrogen-bond donors (Lipinski definition) is 3. The maximum absolute atomic E-state index is 9.71. The summed E-state index contributed by atoms with van der Waals surface area (Å²) < 4.78 is 5.59. The Kier molecular flexibility index (Phi) is 2.76. The quantitative estimate of drug-likeness (QED) is 0.673. The van der Waals surface area contributed by atoms with Gasteiger partial charge in [-0.15, -0.1) is 0 Å². The van der Waals surface area contributed by atoms with E-state index in [9.17, 15) is 10.2 Å². The van der Waals surface area contributed by atoms with Gasteiger partial charge >= 0.3 is 0 Å². The topological polar surface area (TPSA) is 65.5 Å². The van der Waals surface area contributed by atoms with Crippen LogP contribution < -0.4 is 4.74 Å². The van der Waals surface area contributed by atoms with E-state index in [2.05, 4.69) is 4.98 Å². The van der Waals surface area contributed by atoms with Gasteiger partial charge in [0.2, 0.25) is 0 Å². The molecule has 3 rings (SSSR count). The van der Waals surface area contributed by atoms with Crippen LogP contribution in [0, 0.1) is 0 Å². The van der Waals surface area contributed by atoms with Gasteiger partial charge in [-0.1, -0.05) is 6.07 Å². The Morgan fingerprint density at radius 1 is 1.00 bits per heavy atom. The Balaban J connectivity index is 1.78. The number of ether oxygens (including phenoxy) is 1. The molecule has 2 aromatic carbocycles. The van der Waals surface area contributed by atoms with Gasteiger partial charge in [0.25, 0.3) is 0 Å². The fraction of sp³-hybridized carbons (Fsp3) is 0.0667. The molecule has 3 N–H and O–H groups in total. The van der Waals surface area contributed by atoms with Gasteiger partial charge in [0, 0.05) is 10.9 Å². The Bertz CT molecular complexity index is 701. The first-order chi connectivity index (χ1) is 9.22. The van der Waals surface area contributed by atoms with Crippen molar-refractivity contribution in [3.63, 3.8) is 0 Å². The van der Waals surface area contributed by atoms with E-state index in [4.69, 9.17) is 4.74 Å². The lowest BCUT2D eigenvalue weighted by Crippen LogP contribution is -1.94. The highest BCUT2D eigenvalue weighted by atomic mass is 16.5. The Morgan fingerprint density at radius 3 is 2.53 bits per heavy atom. The summed E-state index contributed by atoms with van der Waals surface area (Å²) >= 11 is 0. The first-order valence-corrected chi connectivity index (χ1v) is 5.94. The molecule has 0 amide bonds. The average molecular weight is 255 g/mol. The van der Waals surface area contributed by atoms with Gasteiger partial charge in [-0.2, -0.15) is 0 Å². The molecule has 4 nitrogen and oxygen atoms in total. The molecule has 3 aromatic rings. The molecule has 0 aliphatic carbocycles. The van der Waals surface area contributed by atoms with Crippen molar-refractivity contribution >= 4 is 10.9 Å². The fourth-order valence-electron chi connectivity index (χ4n) is 1.98. The summed E-state index contributed by atoms with van der Waals surface area (Å²) in [4.78, 5) is 3.18. The van der Waals surface area contributed by atoms with Crippen molar-refractivity contribution in [1.29, 1.82) is 0 Å². The van der Waals surface area contributed by atoms with E-state index in [1.807, 2.05) is 12.1 Å². The van der Waals surface area contributed by atoms with Crippen molar-refractivity contribution in [3.8, 4) is 17.2 Å². The van der Waals surface area contributed by atoms with E-state index in [0.29, 0.717) is 12.4 Å². The largest absolute Gasteiger partial charge is 0.508 e. The molecule has 0 aliphatic heterocycles. The lowest BCUT2D eigenvalue weighted by molar-refractivity contribution is 0.302. The molecule has 0 saturated heterocycles. The number of nitrogens with one attached hydrogen (secondary N) is 1. The van der Waals surface area contributed by atoms with Crippen LogP contribution in [0.2, 0.25) is 0 Å². The number of H-pyrrole nitrogens is 1. The highest BCUT2D eigenvalue weighted by Crippen LogP contribution is 2.25. The molecule has 0 fully saturated rings. The molecular formula is C15H13NO3. The van der Waals surface area contributed by atoms with Crippen LogP contribution in [0.5, 0.6) is 17.2 Å². The minimum absolute atomic E-state index is 0.211. The SMILES string of the molecule is Oc1ccc(OCc2cc3c(O)cccc3[nH]2)cc1. The first kappa shape index (κ1) is 11.5. The summed E-state index contributed by atoms with van der Waals surface area (Å²) in [6.07, 6.45) is 0. The minimum Gasteiger partial charge on any atom is -0.508 e. The second kappa shape index (κ2) is 4.57. The van der Waals surface area contributed by atoms with Gasteiger partial charge < -0.3 is 19.9 Å². The van der Waals surface area contributed by atoms with Crippen molar-refractivity contribution in [2.75, 3.05) is 0 Å². The smallest absolute Gasteiger partial charge is 0.128 e. The van der Waals surface area contributed by atoms with E-state index < -0.39 is 0 Å². The zero-order chi connectivity index (χ0) is 13.2. The summed E-state index contributed by atoms with van der Waals surface area (Å²) in [5.74, 6) is 1.15. The van der Waals surface area contributed by atoms with Crippen LogP contribution in [-0.2, 0) is 6.61 Å². The van der Waals surface area contributed by atoms with Crippen molar-refractivity contribution in [3.05, 3.63) is 54.2 Å². The monoisotopic (exact) mass is 255 g/mol. The second-order valence-electron chi connectivity index (χ2n) is 4.32. The number of fused-ring (bicyclic) bond motifs is 1. The lowest BCUT2D eigenvalue weighted by Gasteiger charge is -2.04. The number of aromatic amines is 1. The Morgan fingerprint density at radius 2 is 1.79 bits per heavy atom. The minimum atomic E-state index is 0.211. The molecule has 1 heterocycles. The van der Waals surface area contributed by atoms with Crippen molar-refractivity contribution in [1.82, 2.24) is 4.98 Å². The van der Waals surface area contributed by atoms with E-state index in [0.717, 1.165) is 16.6 Å². The predicted molar refractivity (Wildman–Crippen MR) is 72.4 cm³/mol. The maximum Gasteiger partial charge on any atom is 0.128 e. The van der Waals surface area contributed by atoms with Crippen LogP contribution in [0.1, 0.15) is 5.69 Å². The van der Waals surface area contributed by atoms with E-state index in [1.54, 1.807) is 36.4 Å². The molecule has 0 bridgehead atoms. The number of benzene rings is 2. The summed E-state index contributed by atoms with van der Waals surface area (Å²) in [5, 5.41) is 19.7. The molecule has 0 aliphatic rings. The molecule has 0 radical (unpaired) electrons. The molecule has 4 heteroatoms. The van der Waals surface area contributed by atoms with Gasteiger partial charge in [-0.25, -0.2) is 0 Å². The molecular weight excluding hydrogens is 242 g/mol. The summed E-state index contributed by atoms with van der Waals surface area (Å²) in [6.45, 7) is 0.374. The Labute approximate surface area is 109 Å². The zero-order valence-corrected chi connectivity index (χ0v) is 10.1. The first-order valence-electron chi connectivity index (χ1n) is 5.94. The van der Waals surface area contributed by atoms with Gasteiger partial charge in [0.15, 0.2) is 0 Å². The molecule has 0 atom stereocenters. The summed E-state index contributed by atoms with van der Waals surface area (Å²) in [6, 6.07) is 13.8. The maximum atomic E-state index is 9.71. The number of aromatic hydroxyl groups is 2. The number of phenols is 2. The highest BCUT2D eigenvalue weighted by molar-refractivity contribution is 5.86. The third-order valence-corrected chi connectivity index (χ3v) is 2.93. The standard InChI is InChI=1S/C15H13NO3/c17-11-4-6-12(7-5-11)19-9-10-8-13-14(16-10)2-1-3-15(13)18/h1-8,16-18H,9H2. The second-order valence-corrected chi connectivity index (χ2v) is 4.32. The molecule has 0 spiro atoms. The van der Waals surface area contributed by atoms with Crippen LogP contribution >= 0.6 is 0 Å². The van der Waals surface area contributed by atoms with Gasteiger partial charge in [0.05, 0.1) is 5.69 Å². The van der Waals surface area contributed by atoms with Crippen LogP contribution in [0.15, 0.2) is 48.5 Å². The summed E-state index contributed by atoms with van der Waals surface area (Å²) in [5.41, 5.74) is 1.76. The van der Waals surface area contributed by atoms with E-state index >= 15 is 0 Å². The normalized spacial score (nSPS) is 10.7. The zero-order valence-electron chi connectivity index (χ0n) is 10.1. The molecule has 19 heavy (non-hydrogen) atoms. The van der Waals surface area contributed by atoms with Gasteiger partial charge in [-0.05, 0) is 42.5 Å². The van der Waals surface area contributed by atoms with Crippen LogP contribution in [-0.4, -0.2) is 15.2 Å². The third kappa shape index (κ3) is 2.33. The molecule has 0 unspecified atom stereocenters. The number of aromatic nitrogens is 1. The number of hydrogen-bond acceptors (Lipinski definition) is 3. The highest BCUT2D eigenvalue weighted by Gasteiger charge is 2.05. The van der Waals surface area contributed by atoms with Crippen molar-refractivity contribution in [2.24, 2.45) is 0 Å². The fourth-order valence-corrected chi connectivity index (χ4v) is 1.98. The van der Waals surface area contributed by atoms with Crippen molar-refractivity contribution in [2.45, 2.75) is 6.61 Å². The van der Waals surface area contributed by atoms with Crippen LogP contribution in [0.25, 0.3) is 10.9 Å². The van der Waals surface area contributed by atoms with Crippen LogP contribution in [0.4, 0.5) is 0 Å². The average Bonchev–Trinajstić information content (AvgIpc) is 2.83. The van der Waals surface area contributed by atoms with Crippen molar-refractivity contribution < 1.29 is 14.9 Å². The van der Waals surface area contributed by atoms with Crippen LogP contribution in [0.3, 0.4) is 0 Å². The summed E-state index contributed by atoms with van der Waals surface area (Å²) in [7, 11) is 0. The van der Waals surface area contributed by atoms with E-state index in [-0.39, 0.29) is 11.5 Å². The molecule has 1 aromatic heterocycles.